The molecule has 0 aromatic heterocycles. The number of amides is 1. The van der Waals surface area contributed by atoms with Crippen LogP contribution in [-0.4, -0.2) is 17.0 Å². The highest BCUT2D eigenvalue weighted by molar-refractivity contribution is 5.93. The minimum atomic E-state index is -1.18. The molecule has 0 aliphatic rings. The zero-order valence-electron chi connectivity index (χ0n) is 8.31. The van der Waals surface area contributed by atoms with E-state index in [0.29, 0.717) is 0 Å². The van der Waals surface area contributed by atoms with Crippen molar-refractivity contribution in [1.82, 2.24) is 5.32 Å². The van der Waals surface area contributed by atoms with E-state index in [1.54, 1.807) is 0 Å². The highest BCUT2D eigenvalue weighted by atomic mass is 19.1. The lowest BCUT2D eigenvalue weighted by atomic mass is 10.2. The Balaban J connectivity index is 2.43. The minimum absolute atomic E-state index is 0.225. The van der Waals surface area contributed by atoms with Gasteiger partial charge in [-0.15, -0.1) is 0 Å². The van der Waals surface area contributed by atoms with Gasteiger partial charge in [-0.2, -0.15) is 0 Å². The molecule has 0 aliphatic heterocycles. The van der Waals surface area contributed by atoms with E-state index in [4.69, 9.17) is 5.11 Å². The van der Waals surface area contributed by atoms with Gasteiger partial charge >= 0.3 is 5.97 Å². The fourth-order valence-electron chi connectivity index (χ4n) is 0.997. The number of carboxylic acids is 1. The zero-order valence-corrected chi connectivity index (χ0v) is 8.31. The second-order valence-corrected chi connectivity index (χ2v) is 3.02. The third-order valence-electron chi connectivity index (χ3n) is 1.76. The smallest absolute Gasteiger partial charge is 0.328 e. The van der Waals surface area contributed by atoms with E-state index in [2.05, 4.69) is 5.32 Å². The maximum atomic E-state index is 12.5. The first-order chi connectivity index (χ1) is 7.58. The molecular weight excluding hydrogens is 213 g/mol. The number of carbonyl (C=O) groups excluding carboxylic acids is 1. The van der Waals surface area contributed by atoms with Gasteiger partial charge in [-0.1, -0.05) is 12.1 Å². The fourth-order valence-corrected chi connectivity index (χ4v) is 0.997. The van der Waals surface area contributed by atoms with E-state index in [1.807, 2.05) is 0 Å². The summed E-state index contributed by atoms with van der Waals surface area (Å²) in [4.78, 5) is 21.2. The van der Waals surface area contributed by atoms with Gasteiger partial charge in [-0.3, -0.25) is 4.79 Å². The van der Waals surface area contributed by atoms with Crippen LogP contribution in [0.5, 0.6) is 0 Å². The Morgan fingerprint density at radius 2 is 1.88 bits per heavy atom. The van der Waals surface area contributed by atoms with Crippen LogP contribution in [0.4, 0.5) is 4.39 Å². The molecule has 0 spiro atoms. The molecule has 1 aromatic carbocycles. The Kier molecular flexibility index (Phi) is 4.20. The summed E-state index contributed by atoms with van der Waals surface area (Å²) in [7, 11) is 0. The van der Waals surface area contributed by atoms with Crippen molar-refractivity contribution < 1.29 is 19.1 Å². The van der Waals surface area contributed by atoms with Crippen molar-refractivity contribution in [2.45, 2.75) is 6.54 Å². The monoisotopic (exact) mass is 223 g/mol. The topological polar surface area (TPSA) is 66.4 Å². The molecule has 1 amide bonds. The number of aliphatic carboxylic acids is 1. The molecule has 0 fully saturated rings. The molecule has 0 saturated carbocycles. The van der Waals surface area contributed by atoms with Gasteiger partial charge < -0.3 is 10.4 Å². The molecule has 2 N–H and O–H groups in total. The zero-order chi connectivity index (χ0) is 12.0. The molecule has 0 bridgehead atoms. The summed E-state index contributed by atoms with van der Waals surface area (Å²) in [5.74, 6) is -2.04. The van der Waals surface area contributed by atoms with Crippen LogP contribution in [0.3, 0.4) is 0 Å². The van der Waals surface area contributed by atoms with Gasteiger partial charge in [0.25, 0.3) is 0 Å². The van der Waals surface area contributed by atoms with E-state index in [-0.39, 0.29) is 12.4 Å². The average Bonchev–Trinajstić information content (AvgIpc) is 2.25. The predicted octanol–water partition coefficient (Wildman–Crippen LogP) is 1.08. The van der Waals surface area contributed by atoms with Gasteiger partial charge in [0.15, 0.2) is 0 Å². The van der Waals surface area contributed by atoms with Crippen LogP contribution in [-0.2, 0) is 16.1 Å². The third kappa shape index (κ3) is 4.36. The van der Waals surface area contributed by atoms with E-state index >= 15 is 0 Å². The number of carbonyl (C=O) groups is 2. The Bertz CT molecular complexity index is 412. The molecule has 0 unspecified atom stereocenters. The van der Waals surface area contributed by atoms with Crippen LogP contribution < -0.4 is 5.32 Å². The van der Waals surface area contributed by atoms with Crippen molar-refractivity contribution in [3.8, 4) is 0 Å². The van der Waals surface area contributed by atoms with Crippen LogP contribution in [0.1, 0.15) is 5.56 Å². The Morgan fingerprint density at radius 1 is 1.25 bits per heavy atom. The second-order valence-electron chi connectivity index (χ2n) is 3.02. The first-order valence-electron chi connectivity index (χ1n) is 4.51. The van der Waals surface area contributed by atoms with Gasteiger partial charge in [0.05, 0.1) is 0 Å². The van der Waals surface area contributed by atoms with Crippen molar-refractivity contribution >= 4 is 11.9 Å². The third-order valence-corrected chi connectivity index (χ3v) is 1.76. The molecule has 0 aliphatic carbocycles. The van der Waals surface area contributed by atoms with Gasteiger partial charge in [-0.05, 0) is 17.7 Å². The molecule has 0 saturated heterocycles. The van der Waals surface area contributed by atoms with Gasteiger partial charge in [0.2, 0.25) is 5.91 Å². The average molecular weight is 223 g/mol. The van der Waals surface area contributed by atoms with Crippen LogP contribution in [0.15, 0.2) is 36.4 Å². The summed E-state index contributed by atoms with van der Waals surface area (Å²) in [5, 5.41) is 10.7. The number of halogens is 1. The molecule has 0 radical (unpaired) electrons. The SMILES string of the molecule is O=C(O)/C=C/C(=O)NCc1ccc(F)cc1. The summed E-state index contributed by atoms with van der Waals surface area (Å²) in [6.07, 6.45) is 1.67. The summed E-state index contributed by atoms with van der Waals surface area (Å²) in [5.41, 5.74) is 0.735. The first kappa shape index (κ1) is 11.9. The van der Waals surface area contributed by atoms with Crippen LogP contribution in [0.25, 0.3) is 0 Å². The van der Waals surface area contributed by atoms with Gasteiger partial charge in [0.1, 0.15) is 5.82 Å². The van der Waals surface area contributed by atoms with Crippen LogP contribution in [0.2, 0.25) is 0 Å². The highest BCUT2D eigenvalue weighted by Gasteiger charge is 1.98. The number of benzene rings is 1. The van der Waals surface area contributed by atoms with Crippen molar-refractivity contribution in [2.75, 3.05) is 0 Å². The fraction of sp³-hybridized carbons (Fsp3) is 0.0909. The molecule has 5 heteroatoms. The largest absolute Gasteiger partial charge is 0.478 e. The van der Waals surface area contributed by atoms with Crippen LogP contribution >= 0.6 is 0 Å². The normalized spacial score (nSPS) is 10.3. The van der Waals surface area contributed by atoms with Gasteiger partial charge in [-0.25, -0.2) is 9.18 Å². The van der Waals surface area contributed by atoms with Crippen LogP contribution in [0, 0.1) is 5.82 Å². The Morgan fingerprint density at radius 3 is 2.44 bits per heavy atom. The lowest BCUT2D eigenvalue weighted by molar-refractivity contribution is -0.131. The number of carboxylic acid groups (broad SMARTS) is 1. The Hall–Kier alpha value is -2.17. The second kappa shape index (κ2) is 5.65. The molecule has 1 aromatic rings. The standard InChI is InChI=1S/C11H10FNO3/c12-9-3-1-8(2-4-9)7-13-10(14)5-6-11(15)16/h1-6H,7H2,(H,13,14)(H,15,16)/b6-5+. The molecule has 4 nitrogen and oxygen atoms in total. The summed E-state index contributed by atoms with van der Waals surface area (Å²) >= 11 is 0. The number of hydrogen-bond acceptors (Lipinski definition) is 2. The van der Waals surface area contributed by atoms with Crippen molar-refractivity contribution in [2.24, 2.45) is 0 Å². The molecule has 84 valence electrons. The first-order valence-corrected chi connectivity index (χ1v) is 4.51. The van der Waals surface area contributed by atoms with E-state index in [9.17, 15) is 14.0 Å². The minimum Gasteiger partial charge on any atom is -0.478 e. The maximum absolute atomic E-state index is 12.5. The van der Waals surface area contributed by atoms with Gasteiger partial charge in [0, 0.05) is 18.7 Å². The lowest BCUT2D eigenvalue weighted by Crippen LogP contribution is -2.20. The predicted molar refractivity (Wildman–Crippen MR) is 55.0 cm³/mol. The van der Waals surface area contributed by atoms with E-state index in [1.165, 1.54) is 24.3 Å². The molecule has 0 heterocycles. The molecule has 1 rings (SSSR count). The molecule has 0 atom stereocenters. The highest BCUT2D eigenvalue weighted by Crippen LogP contribution is 2.01. The molecule has 16 heavy (non-hydrogen) atoms. The van der Waals surface area contributed by atoms with E-state index < -0.39 is 11.9 Å². The van der Waals surface area contributed by atoms with Crippen molar-refractivity contribution in [3.63, 3.8) is 0 Å². The molecular formula is C11H10FNO3. The van der Waals surface area contributed by atoms with Crippen molar-refractivity contribution in [3.05, 3.63) is 47.8 Å². The lowest BCUT2D eigenvalue weighted by Gasteiger charge is -2.01. The number of hydrogen-bond donors (Lipinski definition) is 2. The maximum Gasteiger partial charge on any atom is 0.328 e. The van der Waals surface area contributed by atoms with E-state index in [0.717, 1.165) is 17.7 Å². The quantitative estimate of drug-likeness (QED) is 0.750. The summed E-state index contributed by atoms with van der Waals surface area (Å²) in [6.45, 7) is 0.225. The number of nitrogens with one attached hydrogen (secondary N) is 1. The number of rotatable bonds is 4. The van der Waals surface area contributed by atoms with Crippen molar-refractivity contribution in [1.29, 1.82) is 0 Å². The Labute approximate surface area is 91.4 Å². The summed E-state index contributed by atoms with van der Waals surface area (Å²) in [6, 6.07) is 5.65. The summed E-state index contributed by atoms with van der Waals surface area (Å²) < 4.78 is 12.5.